The van der Waals surface area contributed by atoms with Gasteiger partial charge < -0.3 is 9.80 Å². The summed E-state index contributed by atoms with van der Waals surface area (Å²) >= 11 is 0. The number of hydrogen-bond donors (Lipinski definition) is 0. The van der Waals surface area contributed by atoms with Gasteiger partial charge in [0, 0.05) is 31.3 Å². The van der Waals surface area contributed by atoms with Crippen molar-refractivity contribution in [3.63, 3.8) is 0 Å². The molecule has 2 heterocycles. The van der Waals surface area contributed by atoms with Crippen molar-refractivity contribution in [3.05, 3.63) is 34.5 Å². The van der Waals surface area contributed by atoms with E-state index in [0.29, 0.717) is 17.1 Å². The van der Waals surface area contributed by atoms with Gasteiger partial charge >= 0.3 is 0 Å². The standard InChI is InChI=1S/C14H17N5O2/c1-17(2)11-5-6-18(9-11)14-8-15-13-7-10(19(20)21)3-4-12(13)16-14/h3-4,7-8,11H,5-6,9H2,1-2H3/t11-/m0/s1. The Bertz CT molecular complexity index is 688. The molecule has 1 aromatic heterocycles. The largest absolute Gasteiger partial charge is 0.354 e. The first kappa shape index (κ1) is 13.7. The van der Waals surface area contributed by atoms with Gasteiger partial charge in [-0.3, -0.25) is 15.1 Å². The average Bonchev–Trinajstić information content (AvgIpc) is 2.96. The third kappa shape index (κ3) is 2.64. The molecule has 1 saturated heterocycles. The molecule has 1 aromatic carbocycles. The molecule has 1 fully saturated rings. The zero-order valence-electron chi connectivity index (χ0n) is 12.1. The Hall–Kier alpha value is -2.28. The molecule has 0 spiro atoms. The minimum Gasteiger partial charge on any atom is -0.354 e. The average molecular weight is 287 g/mol. The molecule has 1 aliphatic heterocycles. The Morgan fingerprint density at radius 2 is 2.19 bits per heavy atom. The monoisotopic (exact) mass is 287 g/mol. The first-order chi connectivity index (χ1) is 10.0. The molecular formula is C14H17N5O2. The van der Waals surface area contributed by atoms with Crippen molar-refractivity contribution >= 4 is 22.5 Å². The van der Waals surface area contributed by atoms with Gasteiger partial charge in [0.1, 0.15) is 5.82 Å². The second kappa shape index (κ2) is 5.25. The van der Waals surface area contributed by atoms with Gasteiger partial charge in [0.2, 0.25) is 0 Å². The van der Waals surface area contributed by atoms with Crippen LogP contribution in [0.3, 0.4) is 0 Å². The van der Waals surface area contributed by atoms with E-state index in [1.54, 1.807) is 12.3 Å². The second-order valence-corrected chi connectivity index (χ2v) is 5.51. The van der Waals surface area contributed by atoms with Gasteiger partial charge in [-0.2, -0.15) is 0 Å². The summed E-state index contributed by atoms with van der Waals surface area (Å²) in [6, 6.07) is 5.11. The molecule has 2 aromatic rings. The van der Waals surface area contributed by atoms with Crippen LogP contribution in [0.1, 0.15) is 6.42 Å². The van der Waals surface area contributed by atoms with Crippen LogP contribution in [0, 0.1) is 10.1 Å². The Kier molecular flexibility index (Phi) is 3.42. The molecule has 0 unspecified atom stereocenters. The lowest BCUT2D eigenvalue weighted by Gasteiger charge is -2.20. The van der Waals surface area contributed by atoms with Crippen LogP contribution in [0.25, 0.3) is 11.0 Å². The van der Waals surface area contributed by atoms with Crippen LogP contribution in [0.5, 0.6) is 0 Å². The van der Waals surface area contributed by atoms with E-state index in [9.17, 15) is 10.1 Å². The lowest BCUT2D eigenvalue weighted by Crippen LogP contribution is -2.31. The number of anilines is 1. The van der Waals surface area contributed by atoms with E-state index in [-0.39, 0.29) is 5.69 Å². The minimum atomic E-state index is -0.419. The van der Waals surface area contributed by atoms with E-state index in [1.165, 1.54) is 12.1 Å². The number of rotatable bonds is 3. The predicted octanol–water partition coefficient (Wildman–Crippen LogP) is 1.68. The third-order valence-corrected chi connectivity index (χ3v) is 3.94. The van der Waals surface area contributed by atoms with E-state index in [2.05, 4.69) is 33.9 Å². The van der Waals surface area contributed by atoms with Crippen molar-refractivity contribution in [1.82, 2.24) is 14.9 Å². The molecule has 7 heteroatoms. The smallest absolute Gasteiger partial charge is 0.271 e. The van der Waals surface area contributed by atoms with Gasteiger partial charge in [0.15, 0.2) is 0 Å². The highest BCUT2D eigenvalue weighted by atomic mass is 16.6. The molecule has 0 radical (unpaired) electrons. The van der Waals surface area contributed by atoms with Crippen molar-refractivity contribution in [2.75, 3.05) is 32.1 Å². The van der Waals surface area contributed by atoms with Gasteiger partial charge in [0.25, 0.3) is 5.69 Å². The van der Waals surface area contributed by atoms with E-state index < -0.39 is 4.92 Å². The zero-order chi connectivity index (χ0) is 15.0. The normalized spacial score (nSPS) is 18.6. The van der Waals surface area contributed by atoms with Crippen molar-refractivity contribution in [2.24, 2.45) is 0 Å². The highest BCUT2D eigenvalue weighted by Gasteiger charge is 2.25. The molecule has 110 valence electrons. The topological polar surface area (TPSA) is 75.4 Å². The van der Waals surface area contributed by atoms with Crippen LogP contribution in [-0.4, -0.2) is 53.0 Å². The molecule has 0 bridgehead atoms. The molecule has 0 N–H and O–H groups in total. The van der Waals surface area contributed by atoms with Gasteiger partial charge in [-0.25, -0.2) is 4.98 Å². The summed E-state index contributed by atoms with van der Waals surface area (Å²) in [5, 5.41) is 10.8. The predicted molar refractivity (Wildman–Crippen MR) is 80.5 cm³/mol. The van der Waals surface area contributed by atoms with E-state index in [0.717, 1.165) is 25.3 Å². The first-order valence-electron chi connectivity index (χ1n) is 6.87. The number of benzene rings is 1. The highest BCUT2D eigenvalue weighted by Crippen LogP contribution is 2.23. The van der Waals surface area contributed by atoms with Crippen LogP contribution in [-0.2, 0) is 0 Å². The number of fused-ring (bicyclic) bond motifs is 1. The van der Waals surface area contributed by atoms with Crippen LogP contribution >= 0.6 is 0 Å². The Balaban J connectivity index is 1.88. The molecule has 7 nitrogen and oxygen atoms in total. The van der Waals surface area contributed by atoms with E-state index in [4.69, 9.17) is 0 Å². The highest BCUT2D eigenvalue weighted by molar-refractivity contribution is 5.78. The van der Waals surface area contributed by atoms with Crippen molar-refractivity contribution in [2.45, 2.75) is 12.5 Å². The molecule has 0 aliphatic carbocycles. The molecular weight excluding hydrogens is 270 g/mol. The third-order valence-electron chi connectivity index (χ3n) is 3.94. The maximum absolute atomic E-state index is 10.8. The molecule has 21 heavy (non-hydrogen) atoms. The first-order valence-corrected chi connectivity index (χ1v) is 6.87. The number of hydrogen-bond acceptors (Lipinski definition) is 6. The number of nitro benzene ring substituents is 1. The lowest BCUT2D eigenvalue weighted by molar-refractivity contribution is -0.384. The van der Waals surface area contributed by atoms with Gasteiger partial charge in [-0.15, -0.1) is 0 Å². The summed E-state index contributed by atoms with van der Waals surface area (Å²) in [5.41, 5.74) is 1.28. The van der Waals surface area contributed by atoms with Gasteiger partial charge in [-0.05, 0) is 26.6 Å². The summed E-state index contributed by atoms with van der Waals surface area (Å²) < 4.78 is 0. The second-order valence-electron chi connectivity index (χ2n) is 5.51. The summed E-state index contributed by atoms with van der Waals surface area (Å²) in [6.45, 7) is 1.89. The van der Waals surface area contributed by atoms with Crippen LogP contribution < -0.4 is 4.90 Å². The SMILES string of the molecule is CN(C)[C@H]1CCN(c2cnc3cc([N+](=O)[O-])ccc3n2)C1. The molecule has 1 atom stereocenters. The van der Waals surface area contributed by atoms with Crippen molar-refractivity contribution in [1.29, 1.82) is 0 Å². The fourth-order valence-electron chi connectivity index (χ4n) is 2.63. The van der Waals surface area contributed by atoms with Crippen molar-refractivity contribution in [3.8, 4) is 0 Å². The van der Waals surface area contributed by atoms with Crippen LogP contribution in [0.2, 0.25) is 0 Å². The summed E-state index contributed by atoms with van der Waals surface area (Å²) in [4.78, 5) is 23.7. The maximum atomic E-state index is 10.8. The number of likely N-dealkylation sites (N-methyl/N-ethyl adjacent to an activating group) is 1. The summed E-state index contributed by atoms with van der Waals surface area (Å²) in [7, 11) is 4.17. The lowest BCUT2D eigenvalue weighted by atomic mass is 10.2. The number of non-ortho nitro benzene ring substituents is 1. The van der Waals surface area contributed by atoms with Crippen LogP contribution in [0.15, 0.2) is 24.4 Å². The van der Waals surface area contributed by atoms with Gasteiger partial charge in [-0.1, -0.05) is 0 Å². The Labute approximate surface area is 122 Å². The Morgan fingerprint density at radius 1 is 1.38 bits per heavy atom. The molecule has 0 amide bonds. The summed E-state index contributed by atoms with van der Waals surface area (Å²) in [5.74, 6) is 0.834. The fourth-order valence-corrected chi connectivity index (χ4v) is 2.63. The number of aromatic nitrogens is 2. The fraction of sp³-hybridized carbons (Fsp3) is 0.429. The zero-order valence-corrected chi connectivity index (χ0v) is 12.1. The minimum absolute atomic E-state index is 0.0402. The quantitative estimate of drug-likeness (QED) is 0.631. The van der Waals surface area contributed by atoms with Gasteiger partial charge in [0.05, 0.1) is 22.2 Å². The van der Waals surface area contributed by atoms with Crippen LogP contribution in [0.4, 0.5) is 11.5 Å². The number of nitro groups is 1. The molecule has 0 saturated carbocycles. The Morgan fingerprint density at radius 3 is 2.86 bits per heavy atom. The van der Waals surface area contributed by atoms with Crippen molar-refractivity contribution < 1.29 is 4.92 Å². The summed E-state index contributed by atoms with van der Waals surface area (Å²) in [6.07, 6.45) is 2.80. The molecule has 1 aliphatic rings. The van der Waals surface area contributed by atoms with E-state index >= 15 is 0 Å². The van der Waals surface area contributed by atoms with E-state index in [1.807, 2.05) is 0 Å². The molecule has 3 rings (SSSR count). The maximum Gasteiger partial charge on any atom is 0.271 e. The number of nitrogens with zero attached hydrogens (tertiary/aromatic N) is 5.